The van der Waals surface area contributed by atoms with Gasteiger partial charge in [0.25, 0.3) is 0 Å². The highest BCUT2D eigenvalue weighted by atomic mass is 79.9. The van der Waals surface area contributed by atoms with Crippen LogP contribution in [0.5, 0.6) is 5.75 Å². The zero-order valence-corrected chi connectivity index (χ0v) is 10.3. The van der Waals surface area contributed by atoms with Crippen LogP contribution in [0.15, 0.2) is 47.1 Å². The number of hydrogen-bond acceptors (Lipinski definition) is 3. The van der Waals surface area contributed by atoms with Crippen LogP contribution in [-0.4, -0.2) is 19.7 Å². The van der Waals surface area contributed by atoms with Crippen LogP contribution in [0, 0.1) is 0 Å². The molecule has 0 bridgehead atoms. The topological polar surface area (TPSA) is 50.4 Å². The van der Waals surface area contributed by atoms with Crippen LogP contribution in [0.2, 0.25) is 0 Å². The van der Waals surface area contributed by atoms with Crippen molar-refractivity contribution in [3.8, 4) is 17.1 Å². The van der Waals surface area contributed by atoms with Gasteiger partial charge in [-0.05, 0) is 52.3 Å². The summed E-state index contributed by atoms with van der Waals surface area (Å²) in [5.41, 5.74) is 1.70. The normalized spacial score (nSPS) is 10.9. The monoisotopic (exact) mass is 289 g/mol. The Morgan fingerprint density at radius 2 is 1.76 bits per heavy atom. The fraction of sp³-hybridized carbons (Fsp3) is 0. The lowest BCUT2D eigenvalue weighted by atomic mass is 10.2. The summed E-state index contributed by atoms with van der Waals surface area (Å²) >= 11 is 3.42. The Hall–Kier alpha value is -1.88. The molecule has 3 rings (SSSR count). The van der Waals surface area contributed by atoms with Crippen LogP contribution >= 0.6 is 15.9 Å². The van der Waals surface area contributed by atoms with E-state index in [0.717, 1.165) is 21.5 Å². The van der Waals surface area contributed by atoms with Gasteiger partial charge >= 0.3 is 0 Å². The second kappa shape index (κ2) is 3.85. The van der Waals surface area contributed by atoms with E-state index in [4.69, 9.17) is 0 Å². The molecule has 0 spiro atoms. The lowest BCUT2D eigenvalue weighted by molar-refractivity contribution is 0.475. The molecule has 0 aliphatic heterocycles. The molecule has 0 fully saturated rings. The summed E-state index contributed by atoms with van der Waals surface area (Å²) in [7, 11) is 0. The third-order valence-corrected chi connectivity index (χ3v) is 2.96. The first-order valence-corrected chi connectivity index (χ1v) is 5.83. The second-order valence-electron chi connectivity index (χ2n) is 3.65. The molecule has 1 N–H and O–H groups in total. The standard InChI is InChI=1S/C12H8BrN3O/c13-9-3-6-11-14-15-12(16(11)7-9)8-1-4-10(17)5-2-8/h1-7,17H. The first-order chi connectivity index (χ1) is 8.24. The van der Waals surface area contributed by atoms with Crippen molar-refractivity contribution in [2.45, 2.75) is 0 Å². The van der Waals surface area contributed by atoms with Crippen LogP contribution in [0.1, 0.15) is 0 Å². The molecule has 0 saturated heterocycles. The largest absolute Gasteiger partial charge is 0.508 e. The molecule has 0 atom stereocenters. The molecule has 0 amide bonds. The van der Waals surface area contributed by atoms with Gasteiger partial charge < -0.3 is 5.11 Å². The summed E-state index contributed by atoms with van der Waals surface area (Å²) in [6.45, 7) is 0. The number of fused-ring (bicyclic) bond motifs is 1. The van der Waals surface area contributed by atoms with E-state index < -0.39 is 0 Å². The molecule has 2 heterocycles. The molecule has 5 heteroatoms. The highest BCUT2D eigenvalue weighted by Crippen LogP contribution is 2.22. The van der Waals surface area contributed by atoms with Crippen molar-refractivity contribution in [3.63, 3.8) is 0 Å². The van der Waals surface area contributed by atoms with Crippen LogP contribution in [-0.2, 0) is 0 Å². The van der Waals surface area contributed by atoms with Crippen LogP contribution in [0.3, 0.4) is 0 Å². The summed E-state index contributed by atoms with van der Waals surface area (Å²) in [5, 5.41) is 17.5. The number of hydrogen-bond donors (Lipinski definition) is 1. The fourth-order valence-electron chi connectivity index (χ4n) is 1.67. The first kappa shape index (κ1) is 10.3. The Morgan fingerprint density at radius 3 is 2.53 bits per heavy atom. The molecule has 4 nitrogen and oxygen atoms in total. The average Bonchev–Trinajstić information content (AvgIpc) is 2.73. The van der Waals surface area contributed by atoms with Gasteiger partial charge in [0.2, 0.25) is 0 Å². The summed E-state index contributed by atoms with van der Waals surface area (Å²) in [6.07, 6.45) is 1.91. The predicted octanol–water partition coefficient (Wildman–Crippen LogP) is 2.86. The van der Waals surface area contributed by atoms with Crippen molar-refractivity contribution in [2.75, 3.05) is 0 Å². The Morgan fingerprint density at radius 1 is 1.00 bits per heavy atom. The van der Waals surface area contributed by atoms with E-state index in [1.54, 1.807) is 12.1 Å². The minimum atomic E-state index is 0.240. The Kier molecular flexibility index (Phi) is 2.33. The number of halogens is 1. The number of aromatic nitrogens is 3. The minimum absolute atomic E-state index is 0.240. The van der Waals surface area contributed by atoms with Crippen molar-refractivity contribution in [2.24, 2.45) is 0 Å². The maximum Gasteiger partial charge on any atom is 0.168 e. The zero-order valence-electron chi connectivity index (χ0n) is 8.71. The van der Waals surface area contributed by atoms with Gasteiger partial charge in [0.15, 0.2) is 11.5 Å². The van der Waals surface area contributed by atoms with E-state index >= 15 is 0 Å². The fourth-order valence-corrected chi connectivity index (χ4v) is 2.01. The van der Waals surface area contributed by atoms with Gasteiger partial charge in [-0.3, -0.25) is 4.40 Å². The number of phenolic OH excluding ortho intramolecular Hbond substituents is 1. The molecular formula is C12H8BrN3O. The van der Waals surface area contributed by atoms with Gasteiger partial charge in [0.1, 0.15) is 5.75 Å². The summed E-state index contributed by atoms with van der Waals surface area (Å²) in [6, 6.07) is 10.7. The quantitative estimate of drug-likeness (QED) is 0.749. The summed E-state index contributed by atoms with van der Waals surface area (Å²) in [5.74, 6) is 0.991. The molecule has 3 aromatic rings. The summed E-state index contributed by atoms with van der Waals surface area (Å²) < 4.78 is 2.86. The highest BCUT2D eigenvalue weighted by Gasteiger charge is 2.07. The van der Waals surface area contributed by atoms with Crippen LogP contribution < -0.4 is 0 Å². The second-order valence-corrected chi connectivity index (χ2v) is 4.56. The first-order valence-electron chi connectivity index (χ1n) is 5.04. The number of rotatable bonds is 1. The van der Waals surface area contributed by atoms with Crippen molar-refractivity contribution in [1.82, 2.24) is 14.6 Å². The molecule has 0 unspecified atom stereocenters. The molecular weight excluding hydrogens is 282 g/mol. The predicted molar refractivity (Wildman–Crippen MR) is 67.8 cm³/mol. The highest BCUT2D eigenvalue weighted by molar-refractivity contribution is 9.10. The summed E-state index contributed by atoms with van der Waals surface area (Å²) in [4.78, 5) is 0. The maximum atomic E-state index is 9.26. The lowest BCUT2D eigenvalue weighted by Crippen LogP contribution is -1.88. The Balaban J connectivity index is 2.23. The number of aromatic hydroxyl groups is 1. The van der Waals surface area contributed by atoms with Gasteiger partial charge in [0.05, 0.1) is 0 Å². The molecule has 84 valence electrons. The smallest absolute Gasteiger partial charge is 0.168 e. The van der Waals surface area contributed by atoms with Crippen LogP contribution in [0.25, 0.3) is 17.0 Å². The number of pyridine rings is 1. The maximum absolute atomic E-state index is 9.26. The average molecular weight is 290 g/mol. The zero-order chi connectivity index (χ0) is 11.8. The van der Waals surface area contributed by atoms with Crippen molar-refractivity contribution in [3.05, 3.63) is 47.1 Å². The molecule has 0 aliphatic carbocycles. The Labute approximate surface area is 106 Å². The van der Waals surface area contributed by atoms with Gasteiger partial charge in [-0.25, -0.2) is 0 Å². The third kappa shape index (κ3) is 1.78. The number of benzene rings is 1. The number of phenols is 1. The molecule has 1 aromatic carbocycles. The van der Waals surface area contributed by atoms with E-state index in [1.165, 1.54) is 0 Å². The Bertz CT molecular complexity index is 676. The van der Waals surface area contributed by atoms with Crippen molar-refractivity contribution < 1.29 is 5.11 Å². The van der Waals surface area contributed by atoms with Crippen molar-refractivity contribution in [1.29, 1.82) is 0 Å². The lowest BCUT2D eigenvalue weighted by Gasteiger charge is -2.00. The van der Waals surface area contributed by atoms with Gasteiger partial charge in [-0.2, -0.15) is 0 Å². The minimum Gasteiger partial charge on any atom is -0.508 e. The van der Waals surface area contributed by atoms with Crippen molar-refractivity contribution >= 4 is 21.6 Å². The van der Waals surface area contributed by atoms with Crippen LogP contribution in [0.4, 0.5) is 0 Å². The van der Waals surface area contributed by atoms with E-state index in [2.05, 4.69) is 26.1 Å². The van der Waals surface area contributed by atoms with Gasteiger partial charge in [-0.1, -0.05) is 0 Å². The van der Waals surface area contributed by atoms with E-state index in [-0.39, 0.29) is 5.75 Å². The third-order valence-electron chi connectivity index (χ3n) is 2.49. The molecule has 0 radical (unpaired) electrons. The molecule has 17 heavy (non-hydrogen) atoms. The molecule has 2 aromatic heterocycles. The number of nitrogens with zero attached hydrogens (tertiary/aromatic N) is 3. The van der Waals surface area contributed by atoms with Gasteiger partial charge in [0, 0.05) is 16.2 Å². The molecule has 0 saturated carbocycles. The molecule has 0 aliphatic rings. The van der Waals surface area contributed by atoms with E-state index in [0.29, 0.717) is 0 Å². The SMILES string of the molecule is Oc1ccc(-c2nnc3ccc(Br)cn23)cc1. The van der Waals surface area contributed by atoms with Gasteiger partial charge in [-0.15, -0.1) is 10.2 Å². The van der Waals surface area contributed by atoms with E-state index in [1.807, 2.05) is 34.9 Å². The van der Waals surface area contributed by atoms with E-state index in [9.17, 15) is 5.11 Å².